The van der Waals surface area contributed by atoms with Gasteiger partial charge in [0.25, 0.3) is 5.91 Å². The molecule has 1 N–H and O–H groups in total. The van der Waals surface area contributed by atoms with Gasteiger partial charge in [-0.25, -0.2) is 0 Å². The van der Waals surface area contributed by atoms with Gasteiger partial charge in [-0.2, -0.15) is 0 Å². The zero-order valence-corrected chi connectivity index (χ0v) is 12.2. The van der Waals surface area contributed by atoms with Crippen LogP contribution in [0.1, 0.15) is 24.2 Å². The molecule has 1 atom stereocenters. The Hall–Kier alpha value is -2.15. The van der Waals surface area contributed by atoms with Gasteiger partial charge in [0.2, 0.25) is 0 Å². The summed E-state index contributed by atoms with van der Waals surface area (Å²) in [6, 6.07) is 4.43. The van der Waals surface area contributed by atoms with Crippen LogP contribution in [0.4, 0.5) is 5.69 Å². The summed E-state index contributed by atoms with van der Waals surface area (Å²) in [6.07, 6.45) is 0. The number of nitrogens with one attached hydrogen (secondary N) is 1. The number of carbonyl (C=O) groups is 1. The number of amides is 1. The summed E-state index contributed by atoms with van der Waals surface area (Å²) in [4.78, 5) is 24.8. The fourth-order valence-corrected chi connectivity index (χ4v) is 2.38. The Morgan fingerprint density at radius 2 is 2.33 bits per heavy atom. The van der Waals surface area contributed by atoms with Crippen molar-refractivity contribution in [3.8, 4) is 5.75 Å². The van der Waals surface area contributed by atoms with Crippen molar-refractivity contribution < 1.29 is 14.5 Å². The molecule has 2 rings (SSSR count). The highest BCUT2D eigenvalue weighted by atomic mass is 16.6. The van der Waals surface area contributed by atoms with Crippen LogP contribution in [-0.4, -0.2) is 48.0 Å². The average molecular weight is 293 g/mol. The van der Waals surface area contributed by atoms with Gasteiger partial charge in [0.1, 0.15) is 0 Å². The first-order valence-corrected chi connectivity index (χ1v) is 6.97. The number of carbonyl (C=O) groups excluding carboxylic acids is 1. The highest BCUT2D eigenvalue weighted by molar-refractivity contribution is 5.95. The summed E-state index contributed by atoms with van der Waals surface area (Å²) in [5.74, 6) is 0.00237. The van der Waals surface area contributed by atoms with Crippen LogP contribution < -0.4 is 10.1 Å². The topological polar surface area (TPSA) is 84.7 Å². The molecule has 0 spiro atoms. The lowest BCUT2D eigenvalue weighted by Gasteiger charge is -2.34. The first-order valence-electron chi connectivity index (χ1n) is 6.97. The second kappa shape index (κ2) is 6.53. The average Bonchev–Trinajstić information content (AvgIpc) is 2.47. The van der Waals surface area contributed by atoms with Crippen molar-refractivity contribution in [2.45, 2.75) is 19.9 Å². The number of nitro benzene ring substituents is 1. The van der Waals surface area contributed by atoms with Gasteiger partial charge < -0.3 is 15.0 Å². The lowest BCUT2D eigenvalue weighted by atomic mass is 10.1. The van der Waals surface area contributed by atoms with E-state index in [1.807, 2.05) is 6.92 Å². The Morgan fingerprint density at radius 3 is 2.95 bits per heavy atom. The number of nitrogens with zero attached hydrogens (tertiary/aromatic N) is 2. The highest BCUT2D eigenvalue weighted by Crippen LogP contribution is 2.28. The lowest BCUT2D eigenvalue weighted by molar-refractivity contribution is -0.385. The third-order valence-corrected chi connectivity index (χ3v) is 3.46. The molecule has 1 amide bonds. The summed E-state index contributed by atoms with van der Waals surface area (Å²) in [6.45, 7) is 6.10. The second-order valence-electron chi connectivity index (χ2n) is 4.92. The van der Waals surface area contributed by atoms with E-state index in [1.54, 1.807) is 17.9 Å². The highest BCUT2D eigenvalue weighted by Gasteiger charge is 2.26. The normalized spacial score (nSPS) is 18.4. The van der Waals surface area contributed by atoms with Crippen LogP contribution in [0.25, 0.3) is 0 Å². The molecule has 1 aliphatic heterocycles. The van der Waals surface area contributed by atoms with Crippen molar-refractivity contribution >= 4 is 11.6 Å². The molecule has 1 saturated heterocycles. The van der Waals surface area contributed by atoms with E-state index in [1.165, 1.54) is 12.1 Å². The Balaban J connectivity index is 2.29. The third kappa shape index (κ3) is 3.30. The standard InChI is InChI=1S/C14H19N3O4/c1-3-21-13-5-4-11(8-12(13)17(19)20)14(18)16-7-6-15-9-10(16)2/h4-5,8,10,15H,3,6-7,9H2,1-2H3/t10-/m1/s1. The van der Waals surface area contributed by atoms with Crippen molar-refractivity contribution in [2.75, 3.05) is 26.2 Å². The maximum Gasteiger partial charge on any atom is 0.311 e. The fraction of sp³-hybridized carbons (Fsp3) is 0.500. The van der Waals surface area contributed by atoms with Crippen LogP contribution in [0.3, 0.4) is 0 Å². The van der Waals surface area contributed by atoms with E-state index < -0.39 is 4.92 Å². The Kier molecular flexibility index (Phi) is 4.74. The van der Waals surface area contributed by atoms with Crippen molar-refractivity contribution in [1.29, 1.82) is 0 Å². The van der Waals surface area contributed by atoms with Crippen LogP contribution in [-0.2, 0) is 0 Å². The van der Waals surface area contributed by atoms with Gasteiger partial charge in [0.05, 0.1) is 11.5 Å². The van der Waals surface area contributed by atoms with Gasteiger partial charge >= 0.3 is 5.69 Å². The number of hydrogen-bond acceptors (Lipinski definition) is 5. The van der Waals surface area contributed by atoms with Gasteiger partial charge in [-0.15, -0.1) is 0 Å². The van der Waals surface area contributed by atoms with Crippen molar-refractivity contribution in [3.63, 3.8) is 0 Å². The Morgan fingerprint density at radius 1 is 1.57 bits per heavy atom. The molecule has 0 unspecified atom stereocenters. The molecule has 0 bridgehead atoms. The molecule has 0 saturated carbocycles. The number of rotatable bonds is 4. The number of hydrogen-bond donors (Lipinski definition) is 1. The molecule has 1 aromatic carbocycles. The summed E-state index contributed by atoms with van der Waals surface area (Å²) in [5, 5.41) is 14.3. The monoisotopic (exact) mass is 293 g/mol. The van der Waals surface area contributed by atoms with Gasteiger partial charge in [-0.1, -0.05) is 0 Å². The van der Waals surface area contributed by atoms with E-state index in [0.717, 1.165) is 13.1 Å². The molecule has 1 aliphatic rings. The second-order valence-corrected chi connectivity index (χ2v) is 4.92. The molecule has 1 aromatic rings. The smallest absolute Gasteiger partial charge is 0.311 e. The molecular weight excluding hydrogens is 274 g/mol. The summed E-state index contributed by atoms with van der Waals surface area (Å²) in [7, 11) is 0. The van der Waals surface area contributed by atoms with Crippen LogP contribution in [0.15, 0.2) is 18.2 Å². The maximum absolute atomic E-state index is 12.5. The zero-order chi connectivity index (χ0) is 15.4. The van der Waals surface area contributed by atoms with E-state index in [0.29, 0.717) is 18.7 Å². The van der Waals surface area contributed by atoms with Crippen LogP contribution >= 0.6 is 0 Å². The molecule has 0 radical (unpaired) electrons. The Bertz CT molecular complexity index is 547. The van der Waals surface area contributed by atoms with Crippen LogP contribution in [0, 0.1) is 10.1 Å². The third-order valence-electron chi connectivity index (χ3n) is 3.46. The van der Waals surface area contributed by atoms with Gasteiger partial charge in [-0.05, 0) is 26.0 Å². The molecule has 1 heterocycles. The summed E-state index contributed by atoms with van der Waals surface area (Å²) < 4.78 is 5.22. The zero-order valence-electron chi connectivity index (χ0n) is 12.2. The summed E-state index contributed by atoms with van der Waals surface area (Å²) in [5.41, 5.74) is 0.143. The number of nitro groups is 1. The van der Waals surface area contributed by atoms with E-state index in [4.69, 9.17) is 4.74 Å². The van der Waals surface area contributed by atoms with Crippen molar-refractivity contribution in [1.82, 2.24) is 10.2 Å². The first kappa shape index (κ1) is 15.2. The molecule has 1 fully saturated rings. The number of benzene rings is 1. The summed E-state index contributed by atoms with van der Waals surface area (Å²) >= 11 is 0. The van der Waals surface area contributed by atoms with Gasteiger partial charge in [0.15, 0.2) is 5.75 Å². The minimum absolute atomic E-state index is 0.0666. The molecule has 0 aliphatic carbocycles. The minimum Gasteiger partial charge on any atom is -0.487 e. The van der Waals surface area contributed by atoms with Crippen LogP contribution in [0.2, 0.25) is 0 Å². The molecule has 21 heavy (non-hydrogen) atoms. The molecular formula is C14H19N3O4. The van der Waals surface area contributed by atoms with Crippen LogP contribution in [0.5, 0.6) is 5.75 Å². The fourth-order valence-electron chi connectivity index (χ4n) is 2.38. The molecule has 7 heteroatoms. The van der Waals surface area contributed by atoms with E-state index >= 15 is 0 Å². The maximum atomic E-state index is 12.5. The predicted molar refractivity (Wildman–Crippen MR) is 77.6 cm³/mol. The number of ether oxygens (including phenoxy) is 1. The minimum atomic E-state index is -0.525. The van der Waals surface area contributed by atoms with E-state index in [9.17, 15) is 14.9 Å². The lowest BCUT2D eigenvalue weighted by Crippen LogP contribution is -2.52. The van der Waals surface area contributed by atoms with Crippen molar-refractivity contribution in [3.05, 3.63) is 33.9 Å². The van der Waals surface area contributed by atoms with Gasteiger partial charge in [0, 0.05) is 37.3 Å². The van der Waals surface area contributed by atoms with Crippen molar-refractivity contribution in [2.24, 2.45) is 0 Å². The quantitative estimate of drug-likeness (QED) is 0.670. The molecule has 7 nitrogen and oxygen atoms in total. The Labute approximate surface area is 123 Å². The largest absolute Gasteiger partial charge is 0.487 e. The molecule has 114 valence electrons. The van der Waals surface area contributed by atoms with E-state index in [2.05, 4.69) is 5.32 Å². The number of piperazine rings is 1. The SMILES string of the molecule is CCOc1ccc(C(=O)N2CCNC[C@H]2C)cc1[N+](=O)[O-]. The van der Waals surface area contributed by atoms with E-state index in [-0.39, 0.29) is 23.4 Å². The predicted octanol–water partition coefficient (Wildman–Crippen LogP) is 1.43. The van der Waals surface area contributed by atoms with Gasteiger partial charge in [-0.3, -0.25) is 14.9 Å². The first-order chi connectivity index (χ1) is 10.0. The molecule has 0 aromatic heterocycles.